The lowest BCUT2D eigenvalue weighted by atomic mass is 10.0. The summed E-state index contributed by atoms with van der Waals surface area (Å²) in [7, 11) is 3.65. The van der Waals surface area contributed by atoms with Gasteiger partial charge in [0.25, 0.3) is 5.91 Å². The Labute approximate surface area is 206 Å². The largest absolute Gasteiger partial charge is 0.491 e. The van der Waals surface area contributed by atoms with E-state index in [2.05, 4.69) is 15.5 Å². The number of benzene rings is 1. The minimum atomic E-state index is -1.06. The van der Waals surface area contributed by atoms with Crippen LogP contribution in [-0.2, 0) is 14.4 Å². The summed E-state index contributed by atoms with van der Waals surface area (Å²) in [6.45, 7) is 6.89. The Morgan fingerprint density at radius 2 is 1.71 bits per heavy atom. The molecule has 1 saturated heterocycles. The van der Waals surface area contributed by atoms with Crippen molar-refractivity contribution in [2.45, 2.75) is 38.8 Å². The molecule has 2 aliphatic rings. The number of hydrogen-bond donors (Lipinski definition) is 2. The van der Waals surface area contributed by atoms with Crippen molar-refractivity contribution in [3.63, 3.8) is 0 Å². The molecule has 192 valence electrons. The number of amides is 4. The fourth-order valence-corrected chi connectivity index (χ4v) is 4.26. The van der Waals surface area contributed by atoms with Crippen molar-refractivity contribution in [1.82, 2.24) is 25.3 Å². The van der Waals surface area contributed by atoms with E-state index < -0.39 is 23.9 Å². The molecule has 2 heterocycles. The van der Waals surface area contributed by atoms with E-state index in [4.69, 9.17) is 4.74 Å². The molecule has 2 atom stereocenters. The average Bonchev–Trinajstić information content (AvgIpc) is 2.82. The van der Waals surface area contributed by atoms with E-state index in [0.717, 1.165) is 0 Å². The van der Waals surface area contributed by atoms with E-state index in [9.17, 15) is 19.2 Å². The Morgan fingerprint density at radius 3 is 2.40 bits per heavy atom. The molecule has 1 fully saturated rings. The van der Waals surface area contributed by atoms with Crippen molar-refractivity contribution in [2.24, 2.45) is 5.92 Å². The molecule has 0 spiro atoms. The number of carbonyl (C=O) groups excluding carboxylic acids is 4. The zero-order chi connectivity index (χ0) is 25.5. The summed E-state index contributed by atoms with van der Waals surface area (Å²) in [5.74, 6) is -0.935. The highest BCUT2D eigenvalue weighted by molar-refractivity contribution is 6.01. The maximum atomic E-state index is 13.4. The first-order valence-electron chi connectivity index (χ1n) is 12.2. The molecule has 0 radical (unpaired) electrons. The van der Waals surface area contributed by atoms with Crippen molar-refractivity contribution in [1.29, 1.82) is 0 Å². The Balaban J connectivity index is 1.90. The Morgan fingerprint density at radius 1 is 1.03 bits per heavy atom. The van der Waals surface area contributed by atoms with Crippen molar-refractivity contribution in [2.75, 3.05) is 53.4 Å². The molecule has 10 nitrogen and oxygen atoms in total. The Hall–Kier alpha value is -3.14. The second-order valence-electron chi connectivity index (χ2n) is 9.71. The van der Waals surface area contributed by atoms with Gasteiger partial charge in [-0.25, -0.2) is 0 Å². The van der Waals surface area contributed by atoms with Crippen LogP contribution in [0.4, 0.5) is 0 Å². The molecule has 0 unspecified atom stereocenters. The lowest BCUT2D eigenvalue weighted by molar-refractivity contribution is -0.138. The molecule has 0 aromatic heterocycles. The van der Waals surface area contributed by atoms with Crippen LogP contribution < -0.4 is 15.4 Å². The average molecular weight is 488 g/mol. The maximum absolute atomic E-state index is 13.4. The Bertz CT molecular complexity index is 929. The number of carbonyl (C=O) groups is 4. The fourth-order valence-electron chi connectivity index (χ4n) is 4.26. The van der Waals surface area contributed by atoms with E-state index in [1.54, 1.807) is 36.2 Å². The monoisotopic (exact) mass is 487 g/mol. The maximum Gasteiger partial charge on any atom is 0.255 e. The lowest BCUT2D eigenvalue weighted by Crippen LogP contribution is -2.56. The van der Waals surface area contributed by atoms with E-state index in [-0.39, 0.29) is 36.3 Å². The number of rotatable bonds is 3. The Kier molecular flexibility index (Phi) is 9.08. The topological polar surface area (TPSA) is 111 Å². The van der Waals surface area contributed by atoms with Gasteiger partial charge in [-0.15, -0.1) is 0 Å². The van der Waals surface area contributed by atoms with E-state index in [1.807, 2.05) is 20.9 Å². The minimum Gasteiger partial charge on any atom is -0.491 e. The highest BCUT2D eigenvalue weighted by atomic mass is 16.5. The van der Waals surface area contributed by atoms with Crippen molar-refractivity contribution in [3.8, 4) is 5.75 Å². The highest BCUT2D eigenvalue weighted by Crippen LogP contribution is 2.19. The normalized spacial score (nSPS) is 23.2. The van der Waals surface area contributed by atoms with E-state index in [0.29, 0.717) is 44.9 Å². The summed E-state index contributed by atoms with van der Waals surface area (Å²) in [6, 6.07) is 4.96. The van der Waals surface area contributed by atoms with Gasteiger partial charge in [-0.1, -0.05) is 26.0 Å². The molecule has 1 aromatic carbocycles. The number of nitrogens with zero attached hydrogens (tertiary/aromatic N) is 3. The van der Waals surface area contributed by atoms with Crippen LogP contribution in [0.1, 0.15) is 37.0 Å². The third kappa shape index (κ3) is 7.17. The van der Waals surface area contributed by atoms with Gasteiger partial charge in [0, 0.05) is 33.2 Å². The quantitative estimate of drug-likeness (QED) is 0.636. The number of nitrogens with one attached hydrogen (secondary N) is 2. The number of ether oxygens (including phenoxy) is 1. The third-order valence-corrected chi connectivity index (χ3v) is 6.34. The second-order valence-corrected chi connectivity index (χ2v) is 9.71. The van der Waals surface area contributed by atoms with Gasteiger partial charge in [-0.3, -0.25) is 19.2 Å². The van der Waals surface area contributed by atoms with Gasteiger partial charge in [-0.2, -0.15) is 0 Å². The van der Waals surface area contributed by atoms with Gasteiger partial charge >= 0.3 is 0 Å². The van der Waals surface area contributed by atoms with Gasteiger partial charge in [-0.05, 0) is 31.5 Å². The van der Waals surface area contributed by atoms with Crippen molar-refractivity contribution >= 4 is 23.6 Å². The lowest BCUT2D eigenvalue weighted by Gasteiger charge is -2.35. The number of fused-ring (bicyclic) bond motifs is 1. The predicted molar refractivity (Wildman–Crippen MR) is 131 cm³/mol. The SMILES string of the molecule is CC(C)C[C@H]1NC(=O)C[C@@H](C(=O)N2CCN(C)CC2)NC(=O)c2ccccc2OCCN(C)C1=O. The van der Waals surface area contributed by atoms with Gasteiger partial charge in [0.05, 0.1) is 18.5 Å². The molecule has 0 saturated carbocycles. The van der Waals surface area contributed by atoms with Crippen LogP contribution in [0.15, 0.2) is 24.3 Å². The summed E-state index contributed by atoms with van der Waals surface area (Å²) in [5.41, 5.74) is 0.271. The van der Waals surface area contributed by atoms with Gasteiger partial charge < -0.3 is 30.1 Å². The summed E-state index contributed by atoms with van der Waals surface area (Å²) in [4.78, 5) is 58.0. The zero-order valence-corrected chi connectivity index (χ0v) is 21.1. The molecule has 2 aliphatic heterocycles. The summed E-state index contributed by atoms with van der Waals surface area (Å²) in [5, 5.41) is 5.57. The predicted octanol–water partition coefficient (Wildman–Crippen LogP) is 0.331. The van der Waals surface area contributed by atoms with Crippen LogP contribution in [0.5, 0.6) is 5.75 Å². The molecular formula is C25H37N5O5. The third-order valence-electron chi connectivity index (χ3n) is 6.34. The number of para-hydroxylation sites is 1. The first-order valence-corrected chi connectivity index (χ1v) is 12.2. The van der Waals surface area contributed by atoms with Crippen LogP contribution in [-0.4, -0.2) is 104 Å². The zero-order valence-electron chi connectivity index (χ0n) is 21.1. The smallest absolute Gasteiger partial charge is 0.255 e. The molecule has 1 aromatic rings. The summed E-state index contributed by atoms with van der Waals surface area (Å²) in [6.07, 6.45) is 0.202. The number of piperazine rings is 1. The van der Waals surface area contributed by atoms with Crippen molar-refractivity contribution in [3.05, 3.63) is 29.8 Å². The number of hydrogen-bond acceptors (Lipinski definition) is 6. The summed E-state index contributed by atoms with van der Waals surface area (Å²) < 4.78 is 5.84. The molecular weight excluding hydrogens is 450 g/mol. The minimum absolute atomic E-state index is 0.169. The molecule has 4 amide bonds. The molecule has 0 bridgehead atoms. The second kappa shape index (κ2) is 12.0. The van der Waals surface area contributed by atoms with Gasteiger partial charge in [0.1, 0.15) is 24.4 Å². The first kappa shape index (κ1) is 26.5. The van der Waals surface area contributed by atoms with Crippen LogP contribution in [0.2, 0.25) is 0 Å². The standard InChI is InChI=1S/C25H37N5O5/c1-17(2)15-19-24(33)29(4)13-14-35-21-8-6-5-7-18(21)23(32)27-20(16-22(31)26-19)25(34)30-11-9-28(3)10-12-30/h5-8,17,19-20H,9-16H2,1-4H3,(H,26,31)(H,27,32)/t19-,20+/m1/s1. The number of likely N-dealkylation sites (N-methyl/N-ethyl adjacent to an activating group) is 2. The van der Waals surface area contributed by atoms with Crippen molar-refractivity contribution < 1.29 is 23.9 Å². The molecule has 2 N–H and O–H groups in total. The summed E-state index contributed by atoms with van der Waals surface area (Å²) >= 11 is 0. The van der Waals surface area contributed by atoms with Crippen LogP contribution >= 0.6 is 0 Å². The first-order chi connectivity index (χ1) is 16.7. The van der Waals surface area contributed by atoms with Gasteiger partial charge in [0.2, 0.25) is 17.7 Å². The molecule has 0 aliphatic carbocycles. The fraction of sp³-hybridized carbons (Fsp3) is 0.600. The van der Waals surface area contributed by atoms with E-state index >= 15 is 0 Å². The molecule has 10 heteroatoms. The highest BCUT2D eigenvalue weighted by Gasteiger charge is 2.33. The van der Waals surface area contributed by atoms with Crippen LogP contribution in [0.25, 0.3) is 0 Å². The molecule has 3 rings (SSSR count). The van der Waals surface area contributed by atoms with Gasteiger partial charge in [0.15, 0.2) is 0 Å². The van der Waals surface area contributed by atoms with Crippen LogP contribution in [0, 0.1) is 5.92 Å². The molecule has 35 heavy (non-hydrogen) atoms. The van der Waals surface area contributed by atoms with E-state index in [1.165, 1.54) is 4.90 Å². The van der Waals surface area contributed by atoms with Crippen LogP contribution in [0.3, 0.4) is 0 Å².